The van der Waals surface area contributed by atoms with Crippen molar-refractivity contribution >= 4 is 23.3 Å². The zero-order chi connectivity index (χ0) is 24.8. The van der Waals surface area contributed by atoms with Gasteiger partial charge in [0.1, 0.15) is 0 Å². The van der Waals surface area contributed by atoms with Crippen LogP contribution in [0, 0.1) is 5.92 Å². The number of allylic oxidation sites excluding steroid dienone is 1. The maximum absolute atomic E-state index is 13.1. The number of hydrogen-bond acceptors (Lipinski definition) is 7. The highest BCUT2D eigenvalue weighted by Crippen LogP contribution is 2.26. The molecule has 0 aromatic carbocycles. The van der Waals surface area contributed by atoms with Crippen LogP contribution in [0.5, 0.6) is 0 Å². The fourth-order valence-corrected chi connectivity index (χ4v) is 4.74. The van der Waals surface area contributed by atoms with Crippen molar-refractivity contribution in [2.24, 2.45) is 16.6 Å². The summed E-state index contributed by atoms with van der Waals surface area (Å²) in [5.41, 5.74) is 9.33. The molecule has 0 radical (unpaired) electrons. The molecule has 2 aromatic rings. The minimum absolute atomic E-state index is 0.0384. The third kappa shape index (κ3) is 6.31. The summed E-state index contributed by atoms with van der Waals surface area (Å²) in [6.07, 6.45) is 15.0. The van der Waals surface area contributed by atoms with Crippen LogP contribution in [0.25, 0.3) is 0 Å². The molecule has 1 saturated heterocycles. The van der Waals surface area contributed by atoms with E-state index in [0.717, 1.165) is 54.6 Å². The number of aromatic nitrogens is 2. The van der Waals surface area contributed by atoms with Crippen LogP contribution in [-0.4, -0.2) is 55.5 Å². The van der Waals surface area contributed by atoms with E-state index in [1.807, 2.05) is 44.2 Å². The van der Waals surface area contributed by atoms with Gasteiger partial charge in [0.05, 0.1) is 29.8 Å². The summed E-state index contributed by atoms with van der Waals surface area (Å²) < 4.78 is 1.71. The third-order valence-corrected chi connectivity index (χ3v) is 7.32. The summed E-state index contributed by atoms with van der Waals surface area (Å²) >= 11 is 0. The van der Waals surface area contributed by atoms with Crippen LogP contribution in [0.15, 0.2) is 58.3 Å². The van der Waals surface area contributed by atoms with Gasteiger partial charge in [-0.15, -0.1) is 0 Å². The zero-order valence-corrected chi connectivity index (χ0v) is 21.2. The van der Waals surface area contributed by atoms with Crippen molar-refractivity contribution in [3.63, 3.8) is 0 Å². The van der Waals surface area contributed by atoms with Crippen LogP contribution < -0.4 is 26.4 Å². The van der Waals surface area contributed by atoms with E-state index in [0.29, 0.717) is 6.04 Å². The predicted molar refractivity (Wildman–Crippen MR) is 145 cm³/mol. The van der Waals surface area contributed by atoms with Gasteiger partial charge in [-0.05, 0) is 57.2 Å². The average molecular weight is 478 g/mol. The van der Waals surface area contributed by atoms with Gasteiger partial charge in [-0.25, -0.2) is 0 Å². The summed E-state index contributed by atoms with van der Waals surface area (Å²) in [6, 6.07) is 6.00. The maximum Gasteiger partial charge on any atom is 0.253 e. The molecule has 1 aliphatic heterocycles. The Kier molecular flexibility index (Phi) is 8.23. The fourth-order valence-electron chi connectivity index (χ4n) is 4.74. The first-order chi connectivity index (χ1) is 16.9. The van der Waals surface area contributed by atoms with Crippen LogP contribution in [0.4, 0.5) is 17.1 Å². The first kappa shape index (κ1) is 25.0. The molecule has 2 aliphatic rings. The number of nitrogens with one attached hydrogen (secondary N) is 1. The first-order valence-electron chi connectivity index (χ1n) is 12.7. The molecule has 8 nitrogen and oxygen atoms in total. The van der Waals surface area contributed by atoms with Crippen LogP contribution in [-0.2, 0) is 0 Å². The molecule has 4 rings (SSSR count). The molecule has 2 aromatic heterocycles. The van der Waals surface area contributed by atoms with Gasteiger partial charge in [-0.1, -0.05) is 6.42 Å². The minimum atomic E-state index is -0.242. The van der Waals surface area contributed by atoms with E-state index in [-0.39, 0.29) is 11.6 Å². The lowest BCUT2D eigenvalue weighted by Gasteiger charge is -2.36. The molecule has 0 amide bonds. The number of hydrogen-bond donors (Lipinski definition) is 2. The number of aliphatic imine (C=N–C) groups is 1. The molecular formula is C27H39N7O. The van der Waals surface area contributed by atoms with Gasteiger partial charge in [-0.2, -0.15) is 0 Å². The second-order valence-corrected chi connectivity index (χ2v) is 10.0. The number of nitrogens with zero attached hydrogens (tertiary/aromatic N) is 5. The molecule has 188 valence electrons. The Labute approximate surface area is 208 Å². The quantitative estimate of drug-likeness (QED) is 0.538. The molecule has 3 N–H and O–H groups in total. The number of piperidine rings is 1. The molecule has 2 fully saturated rings. The van der Waals surface area contributed by atoms with Crippen molar-refractivity contribution in [2.45, 2.75) is 51.1 Å². The largest absolute Gasteiger partial charge is 0.404 e. The van der Waals surface area contributed by atoms with E-state index in [1.54, 1.807) is 29.2 Å². The van der Waals surface area contributed by atoms with E-state index < -0.39 is 0 Å². The Morgan fingerprint density at radius 2 is 2.11 bits per heavy atom. The fraction of sp³-hybridized carbons (Fsp3) is 0.519. The van der Waals surface area contributed by atoms with Crippen molar-refractivity contribution in [2.75, 3.05) is 43.5 Å². The smallest absolute Gasteiger partial charge is 0.253 e. The van der Waals surface area contributed by atoms with Crippen molar-refractivity contribution in [3.05, 3.63) is 58.9 Å². The third-order valence-electron chi connectivity index (χ3n) is 7.32. The highest BCUT2D eigenvalue weighted by molar-refractivity contribution is 5.82. The van der Waals surface area contributed by atoms with Gasteiger partial charge in [-0.3, -0.25) is 14.8 Å². The monoisotopic (exact) mass is 477 g/mol. The van der Waals surface area contributed by atoms with Crippen LogP contribution in [0.3, 0.4) is 0 Å². The highest BCUT2D eigenvalue weighted by Gasteiger charge is 2.23. The van der Waals surface area contributed by atoms with Crippen molar-refractivity contribution in [3.8, 4) is 0 Å². The Balaban J connectivity index is 1.42. The van der Waals surface area contributed by atoms with E-state index in [4.69, 9.17) is 5.73 Å². The summed E-state index contributed by atoms with van der Waals surface area (Å²) in [5.74, 6) is 0.859. The molecule has 0 bridgehead atoms. The Hall–Kier alpha value is -3.13. The average Bonchev–Trinajstić information content (AvgIpc) is 2.83. The number of nitrogens with two attached hydrogens (primary N) is 1. The lowest BCUT2D eigenvalue weighted by molar-refractivity contribution is 0.280. The second kappa shape index (κ2) is 11.5. The normalized spacial score (nSPS) is 20.1. The van der Waals surface area contributed by atoms with Crippen LogP contribution in [0.2, 0.25) is 0 Å². The van der Waals surface area contributed by atoms with Gasteiger partial charge in [0, 0.05) is 69.2 Å². The first-order valence-corrected chi connectivity index (χ1v) is 12.7. The Morgan fingerprint density at radius 3 is 2.80 bits per heavy atom. The number of rotatable bonds is 9. The molecule has 2 atom stereocenters. The van der Waals surface area contributed by atoms with Crippen molar-refractivity contribution in [1.82, 2.24) is 14.9 Å². The Morgan fingerprint density at radius 1 is 1.29 bits per heavy atom. The van der Waals surface area contributed by atoms with Gasteiger partial charge in [0.15, 0.2) is 0 Å². The highest BCUT2D eigenvalue weighted by atomic mass is 16.1. The van der Waals surface area contributed by atoms with Crippen LogP contribution >= 0.6 is 0 Å². The molecule has 35 heavy (non-hydrogen) atoms. The molecule has 1 unspecified atom stereocenters. The van der Waals surface area contributed by atoms with E-state index in [1.165, 1.54) is 31.9 Å². The topological polar surface area (TPSA) is 91.8 Å². The molecule has 3 heterocycles. The number of anilines is 2. The lowest BCUT2D eigenvalue weighted by Crippen LogP contribution is -2.47. The standard InChI is InChI=1S/C27H39N7O/c1-20(22(14-28)16-31-24-12-26(32(2)3)18-29-17-24)34-11-9-25(13-27(34)35)33-10-5-8-23(19-33)30-15-21-6-4-7-21/h9,11-14,16-18,20-21,23,30H,4-8,10,15,19,28H2,1-3H3/b22-14+,31-16?/t20?,23-/m1/s1. The van der Waals surface area contributed by atoms with Gasteiger partial charge < -0.3 is 25.4 Å². The van der Waals surface area contributed by atoms with Crippen molar-refractivity contribution < 1.29 is 0 Å². The Bertz CT molecular complexity index is 1100. The number of pyridine rings is 2. The van der Waals surface area contributed by atoms with Gasteiger partial charge >= 0.3 is 0 Å². The molecule has 1 saturated carbocycles. The van der Waals surface area contributed by atoms with Gasteiger partial charge in [0.2, 0.25) is 0 Å². The lowest BCUT2D eigenvalue weighted by atomic mass is 9.85. The predicted octanol–water partition coefficient (Wildman–Crippen LogP) is 3.47. The maximum atomic E-state index is 13.1. The van der Waals surface area contributed by atoms with Crippen molar-refractivity contribution in [1.29, 1.82) is 0 Å². The van der Waals surface area contributed by atoms with Crippen LogP contribution in [0.1, 0.15) is 45.1 Å². The SMILES string of the molecule is CC(/C(C=Nc1cncc(N(C)C)c1)=C/N)n1ccc(N2CCC[C@@H](NCC3CCC3)C2)cc1=O. The van der Waals surface area contributed by atoms with E-state index in [2.05, 4.69) is 20.2 Å². The van der Waals surface area contributed by atoms with E-state index >= 15 is 0 Å². The van der Waals surface area contributed by atoms with E-state index in [9.17, 15) is 4.79 Å². The summed E-state index contributed by atoms with van der Waals surface area (Å²) in [6.45, 7) is 5.03. The minimum Gasteiger partial charge on any atom is -0.404 e. The molecule has 0 spiro atoms. The molecular weight excluding hydrogens is 438 g/mol. The molecule has 8 heteroatoms. The zero-order valence-electron chi connectivity index (χ0n) is 21.2. The molecule has 1 aliphatic carbocycles. The summed E-state index contributed by atoms with van der Waals surface area (Å²) in [4.78, 5) is 26.2. The summed E-state index contributed by atoms with van der Waals surface area (Å²) in [7, 11) is 3.92. The van der Waals surface area contributed by atoms with Gasteiger partial charge in [0.25, 0.3) is 5.56 Å². The summed E-state index contributed by atoms with van der Waals surface area (Å²) in [5, 5.41) is 3.76. The second-order valence-electron chi connectivity index (χ2n) is 10.0.